The predicted octanol–water partition coefficient (Wildman–Crippen LogP) is 3.23. The van der Waals surface area contributed by atoms with E-state index in [-0.39, 0.29) is 11.4 Å². The lowest BCUT2D eigenvalue weighted by Gasteiger charge is -2.11. The molecule has 0 fully saturated rings. The Morgan fingerprint density at radius 2 is 1.52 bits per heavy atom. The van der Waals surface area contributed by atoms with Gasteiger partial charge >= 0.3 is 0 Å². The topological polar surface area (TPSA) is 77.3 Å². The molecule has 2 aromatic rings. The summed E-state index contributed by atoms with van der Waals surface area (Å²) in [5, 5.41) is 0. The first-order chi connectivity index (χ1) is 11.2. The average Bonchev–Trinajstić information content (AvgIpc) is 2.58. The quantitative estimate of drug-likeness (QED) is 0.606. The largest absolute Gasteiger partial charge is 0.497 e. The Morgan fingerprint density at radius 3 is 2.09 bits per heavy atom. The molecule has 0 aromatic heterocycles. The van der Waals surface area contributed by atoms with E-state index < -0.39 is 0 Å². The summed E-state index contributed by atoms with van der Waals surface area (Å²) < 4.78 is 10.3. The van der Waals surface area contributed by atoms with Crippen molar-refractivity contribution in [1.29, 1.82) is 0 Å². The zero-order chi connectivity index (χ0) is 16.7. The fourth-order valence-corrected chi connectivity index (χ4v) is 2.20. The molecular weight excluding hydrogens is 296 g/mol. The van der Waals surface area contributed by atoms with E-state index in [1.54, 1.807) is 19.2 Å². The molecule has 23 heavy (non-hydrogen) atoms. The maximum absolute atomic E-state index is 10.7. The minimum absolute atomic E-state index is 0.164. The highest BCUT2D eigenvalue weighted by Crippen LogP contribution is 2.40. The third kappa shape index (κ3) is 3.71. The van der Waals surface area contributed by atoms with Crippen molar-refractivity contribution in [1.82, 2.24) is 0 Å². The van der Waals surface area contributed by atoms with E-state index in [1.165, 1.54) is 19.3 Å². The van der Waals surface area contributed by atoms with Gasteiger partial charge < -0.3 is 9.47 Å². The van der Waals surface area contributed by atoms with E-state index >= 15 is 0 Å². The SMILES string of the molecule is COc1ccc(Cc2ccc(OC)c(N=C=O)c2N=C=O)cc1. The molecule has 0 amide bonds. The second-order valence-electron chi connectivity index (χ2n) is 4.56. The number of isocyanates is 2. The standard InChI is InChI=1S/C17H14N2O4/c1-22-14-6-3-12(4-7-14)9-13-5-8-15(23-2)17(19-11-21)16(13)18-10-20/h3-8H,9H2,1-2H3. The third-order valence-corrected chi connectivity index (χ3v) is 3.29. The third-order valence-electron chi connectivity index (χ3n) is 3.29. The summed E-state index contributed by atoms with van der Waals surface area (Å²) in [7, 11) is 3.04. The van der Waals surface area contributed by atoms with Crippen LogP contribution in [0.1, 0.15) is 11.1 Å². The smallest absolute Gasteiger partial charge is 0.240 e. The van der Waals surface area contributed by atoms with Crippen LogP contribution in [0, 0.1) is 0 Å². The molecular formula is C17H14N2O4. The number of hydrogen-bond donors (Lipinski definition) is 0. The molecule has 0 bridgehead atoms. The molecule has 0 saturated heterocycles. The maximum Gasteiger partial charge on any atom is 0.240 e. The number of carbonyl (C=O) groups excluding carboxylic acids is 2. The van der Waals surface area contributed by atoms with Crippen molar-refractivity contribution in [2.24, 2.45) is 9.98 Å². The summed E-state index contributed by atoms with van der Waals surface area (Å²) >= 11 is 0. The summed E-state index contributed by atoms with van der Waals surface area (Å²) in [6.07, 6.45) is 3.44. The normalized spacial score (nSPS) is 9.48. The van der Waals surface area contributed by atoms with E-state index in [4.69, 9.17) is 9.47 Å². The van der Waals surface area contributed by atoms with Crippen LogP contribution in [0.3, 0.4) is 0 Å². The van der Waals surface area contributed by atoms with Crippen LogP contribution in [0.25, 0.3) is 0 Å². The number of ether oxygens (including phenoxy) is 2. The number of aliphatic imine (C=N–C) groups is 2. The molecule has 0 aliphatic carbocycles. The molecule has 0 aliphatic rings. The highest BCUT2D eigenvalue weighted by atomic mass is 16.5. The van der Waals surface area contributed by atoms with Crippen molar-refractivity contribution in [2.75, 3.05) is 14.2 Å². The van der Waals surface area contributed by atoms with Crippen LogP contribution < -0.4 is 9.47 Å². The first kappa shape index (κ1) is 16.2. The molecule has 0 N–H and O–H groups in total. The molecule has 0 spiro atoms. The molecule has 0 radical (unpaired) electrons. The van der Waals surface area contributed by atoms with E-state index in [1.807, 2.05) is 24.3 Å². The molecule has 0 unspecified atom stereocenters. The Balaban J connectivity index is 2.50. The lowest BCUT2D eigenvalue weighted by atomic mass is 10.0. The molecule has 0 aliphatic heterocycles. The Morgan fingerprint density at radius 1 is 0.870 bits per heavy atom. The molecule has 0 heterocycles. The number of nitrogens with zero attached hydrogens (tertiary/aromatic N) is 2. The van der Waals surface area contributed by atoms with Crippen molar-refractivity contribution < 1.29 is 19.1 Å². The number of rotatable bonds is 6. The molecule has 6 nitrogen and oxygen atoms in total. The van der Waals surface area contributed by atoms with Crippen molar-refractivity contribution in [2.45, 2.75) is 6.42 Å². The Bertz CT molecular complexity index is 787. The summed E-state index contributed by atoms with van der Waals surface area (Å²) in [5.41, 5.74) is 2.11. The highest BCUT2D eigenvalue weighted by molar-refractivity contribution is 5.77. The van der Waals surface area contributed by atoms with Gasteiger partial charge in [0.15, 0.2) is 0 Å². The zero-order valence-electron chi connectivity index (χ0n) is 12.7. The summed E-state index contributed by atoms with van der Waals surface area (Å²) in [6.45, 7) is 0. The van der Waals surface area contributed by atoms with Gasteiger partial charge in [0, 0.05) is 0 Å². The van der Waals surface area contributed by atoms with Gasteiger partial charge in [-0.2, -0.15) is 9.98 Å². The van der Waals surface area contributed by atoms with Gasteiger partial charge in [-0.3, -0.25) is 0 Å². The van der Waals surface area contributed by atoms with E-state index in [9.17, 15) is 9.59 Å². The van der Waals surface area contributed by atoms with Gasteiger partial charge in [-0.05, 0) is 35.7 Å². The van der Waals surface area contributed by atoms with E-state index in [0.717, 1.165) is 11.3 Å². The predicted molar refractivity (Wildman–Crippen MR) is 84.4 cm³/mol. The van der Waals surface area contributed by atoms with Crippen molar-refractivity contribution in [3.63, 3.8) is 0 Å². The Hall–Kier alpha value is -3.20. The number of methoxy groups -OCH3 is 2. The maximum atomic E-state index is 10.7. The molecule has 2 aromatic carbocycles. The molecule has 116 valence electrons. The lowest BCUT2D eigenvalue weighted by Crippen LogP contribution is -1.92. The van der Waals surface area contributed by atoms with Gasteiger partial charge in [0.1, 0.15) is 22.9 Å². The van der Waals surface area contributed by atoms with E-state index in [0.29, 0.717) is 17.7 Å². The summed E-state index contributed by atoms with van der Waals surface area (Å²) in [6, 6.07) is 10.9. The van der Waals surface area contributed by atoms with Crippen LogP contribution in [0.5, 0.6) is 11.5 Å². The molecule has 2 rings (SSSR count). The van der Waals surface area contributed by atoms with Crippen LogP contribution in [0.15, 0.2) is 46.4 Å². The molecule has 0 saturated carbocycles. The second kappa shape index (κ2) is 7.71. The minimum atomic E-state index is 0.164. The highest BCUT2D eigenvalue weighted by Gasteiger charge is 2.14. The Kier molecular flexibility index (Phi) is 5.42. The summed E-state index contributed by atoms with van der Waals surface area (Å²) in [5.74, 6) is 1.08. The van der Waals surface area contributed by atoms with Crippen molar-refractivity contribution in [3.8, 4) is 11.5 Å². The van der Waals surface area contributed by atoms with Crippen LogP contribution in [0.2, 0.25) is 0 Å². The van der Waals surface area contributed by atoms with Crippen LogP contribution in [0.4, 0.5) is 11.4 Å². The second-order valence-corrected chi connectivity index (χ2v) is 4.56. The van der Waals surface area contributed by atoms with Gasteiger partial charge in [-0.25, -0.2) is 9.59 Å². The van der Waals surface area contributed by atoms with Gasteiger partial charge in [0.05, 0.1) is 14.2 Å². The average molecular weight is 310 g/mol. The molecule has 0 atom stereocenters. The van der Waals surface area contributed by atoms with Gasteiger partial charge in [0.2, 0.25) is 12.2 Å². The lowest BCUT2D eigenvalue weighted by molar-refractivity contribution is 0.414. The van der Waals surface area contributed by atoms with Gasteiger partial charge in [-0.1, -0.05) is 18.2 Å². The van der Waals surface area contributed by atoms with Gasteiger partial charge in [-0.15, -0.1) is 0 Å². The Labute approximate surface area is 133 Å². The monoisotopic (exact) mass is 310 g/mol. The van der Waals surface area contributed by atoms with Crippen LogP contribution >= 0.6 is 0 Å². The fraction of sp³-hybridized carbons (Fsp3) is 0.176. The first-order valence-electron chi connectivity index (χ1n) is 6.72. The number of hydrogen-bond acceptors (Lipinski definition) is 6. The van der Waals surface area contributed by atoms with Crippen molar-refractivity contribution >= 4 is 23.5 Å². The summed E-state index contributed by atoms with van der Waals surface area (Å²) in [4.78, 5) is 28.7. The van der Waals surface area contributed by atoms with Crippen LogP contribution in [-0.4, -0.2) is 26.4 Å². The minimum Gasteiger partial charge on any atom is -0.497 e. The zero-order valence-corrected chi connectivity index (χ0v) is 12.7. The number of benzene rings is 2. The van der Waals surface area contributed by atoms with E-state index in [2.05, 4.69) is 9.98 Å². The fourth-order valence-electron chi connectivity index (χ4n) is 2.20. The van der Waals surface area contributed by atoms with Crippen LogP contribution in [-0.2, 0) is 16.0 Å². The van der Waals surface area contributed by atoms with Gasteiger partial charge in [0.25, 0.3) is 0 Å². The first-order valence-corrected chi connectivity index (χ1v) is 6.72. The molecule has 6 heteroatoms. The van der Waals surface area contributed by atoms with Crippen molar-refractivity contribution in [3.05, 3.63) is 47.5 Å².